The lowest BCUT2D eigenvalue weighted by Crippen LogP contribution is -2.73. The zero-order valence-corrected chi connectivity index (χ0v) is 21.2. The molecule has 1 saturated carbocycles. The van der Waals surface area contributed by atoms with Crippen LogP contribution in [0.3, 0.4) is 0 Å². The van der Waals surface area contributed by atoms with E-state index in [0.717, 1.165) is 32.4 Å². The number of amides is 1. The van der Waals surface area contributed by atoms with E-state index in [0.29, 0.717) is 24.4 Å². The summed E-state index contributed by atoms with van der Waals surface area (Å²) >= 11 is 0. The Labute approximate surface area is 195 Å². The molecule has 7 atom stereocenters. The van der Waals surface area contributed by atoms with Gasteiger partial charge < -0.3 is 17.2 Å². The Morgan fingerprint density at radius 3 is 1.91 bits per heavy atom. The van der Waals surface area contributed by atoms with Gasteiger partial charge in [-0.15, -0.1) is 0 Å². The average molecular weight is 452 g/mol. The number of primary amides is 1. The maximum atomic E-state index is 12.3. The summed E-state index contributed by atoms with van der Waals surface area (Å²) < 4.78 is 0. The molecular formula is C24H49N7O. The van der Waals surface area contributed by atoms with Crippen molar-refractivity contribution in [3.8, 4) is 0 Å². The number of rotatable bonds is 4. The summed E-state index contributed by atoms with van der Waals surface area (Å²) in [5.41, 5.74) is 18.8. The second-order valence-electron chi connectivity index (χ2n) is 12.9. The zero-order chi connectivity index (χ0) is 23.8. The molecular weight excluding hydrogens is 402 g/mol. The molecule has 0 aromatic rings. The number of nitrogens with two attached hydrogens (primary N) is 3. The number of likely N-dealkylation sites (tertiary alicyclic amines) is 1. The normalized spacial score (nSPS) is 40.2. The van der Waals surface area contributed by atoms with Gasteiger partial charge in [-0.1, -0.05) is 41.5 Å². The molecule has 0 radical (unpaired) electrons. The van der Waals surface area contributed by atoms with Gasteiger partial charge in [-0.2, -0.15) is 0 Å². The molecule has 8 nitrogen and oxygen atoms in total. The van der Waals surface area contributed by atoms with Crippen molar-refractivity contribution < 1.29 is 4.79 Å². The minimum absolute atomic E-state index is 0.0686. The van der Waals surface area contributed by atoms with E-state index in [1.807, 2.05) is 0 Å². The van der Waals surface area contributed by atoms with Crippen LogP contribution in [0.2, 0.25) is 0 Å². The van der Waals surface area contributed by atoms with Crippen molar-refractivity contribution in [2.45, 2.75) is 97.8 Å². The summed E-state index contributed by atoms with van der Waals surface area (Å²) in [6, 6.07) is 0.489. The molecule has 5 unspecified atom stereocenters. The van der Waals surface area contributed by atoms with E-state index in [1.165, 1.54) is 6.42 Å². The first kappa shape index (κ1) is 25.8. The highest BCUT2D eigenvalue weighted by Crippen LogP contribution is 2.46. The fourth-order valence-corrected chi connectivity index (χ4v) is 5.91. The Balaban J connectivity index is 1.74. The molecule has 2 heterocycles. The molecule has 1 amide bonds. The third-order valence-electron chi connectivity index (χ3n) is 8.12. The minimum Gasteiger partial charge on any atom is -0.369 e. The predicted molar refractivity (Wildman–Crippen MR) is 130 cm³/mol. The van der Waals surface area contributed by atoms with Crippen molar-refractivity contribution in [3.05, 3.63) is 0 Å². The summed E-state index contributed by atoms with van der Waals surface area (Å²) in [6.45, 7) is 16.2. The molecule has 0 spiro atoms. The molecule has 0 aromatic carbocycles. The maximum Gasteiger partial charge on any atom is 0.224 e. The van der Waals surface area contributed by atoms with Crippen molar-refractivity contribution in [2.24, 2.45) is 45.8 Å². The number of carbonyl (C=O) groups is 1. The van der Waals surface area contributed by atoms with Crippen LogP contribution in [0.5, 0.6) is 0 Å². The first-order valence-electron chi connectivity index (χ1n) is 12.5. The molecule has 186 valence electrons. The summed E-state index contributed by atoms with van der Waals surface area (Å²) in [6.07, 6.45) is 4.11. The van der Waals surface area contributed by atoms with Crippen LogP contribution in [0.15, 0.2) is 0 Å². The van der Waals surface area contributed by atoms with Gasteiger partial charge in [0.15, 0.2) is 0 Å². The van der Waals surface area contributed by atoms with Gasteiger partial charge in [-0.05, 0) is 48.3 Å². The predicted octanol–water partition coefficient (Wildman–Crippen LogP) is 0.717. The highest BCUT2D eigenvalue weighted by molar-refractivity contribution is 5.77. The molecule has 2 aliphatic heterocycles. The first-order valence-corrected chi connectivity index (χ1v) is 12.5. The van der Waals surface area contributed by atoms with Crippen LogP contribution in [0.1, 0.15) is 67.2 Å². The summed E-state index contributed by atoms with van der Waals surface area (Å²) in [4.78, 5) is 14.6. The third kappa shape index (κ3) is 6.42. The van der Waals surface area contributed by atoms with Crippen LogP contribution >= 0.6 is 0 Å². The van der Waals surface area contributed by atoms with Gasteiger partial charge in [-0.3, -0.25) is 25.6 Å². The van der Waals surface area contributed by atoms with E-state index in [1.54, 1.807) is 0 Å². The van der Waals surface area contributed by atoms with E-state index in [-0.39, 0.29) is 47.2 Å². The molecule has 3 aliphatic rings. The molecule has 9 N–H and O–H groups in total. The van der Waals surface area contributed by atoms with Crippen molar-refractivity contribution in [2.75, 3.05) is 19.6 Å². The molecule has 0 bridgehead atoms. The second-order valence-corrected chi connectivity index (χ2v) is 12.9. The fourth-order valence-electron chi connectivity index (χ4n) is 5.91. The summed E-state index contributed by atoms with van der Waals surface area (Å²) in [5.74, 6) is 0.700. The first-order chi connectivity index (χ1) is 14.7. The van der Waals surface area contributed by atoms with Gasteiger partial charge >= 0.3 is 0 Å². The third-order valence-corrected chi connectivity index (χ3v) is 8.12. The average Bonchev–Trinajstić information content (AvgIpc) is 2.65. The Kier molecular flexibility index (Phi) is 7.95. The van der Waals surface area contributed by atoms with Crippen LogP contribution in [-0.4, -0.2) is 61.0 Å². The van der Waals surface area contributed by atoms with Crippen LogP contribution in [0.25, 0.3) is 0 Å². The molecule has 3 fully saturated rings. The topological polar surface area (TPSA) is 134 Å². The SMILES string of the molecule is CC(C)(C)C1CC(NC2NC(N3C[C@H](N)C[C@H](N)C3)NCC2C(N)=O)CC(C(C)(C)C)C1. The number of nitrogens with one attached hydrogen (secondary N) is 3. The minimum atomic E-state index is -0.304. The Morgan fingerprint density at radius 1 is 0.906 bits per heavy atom. The van der Waals surface area contributed by atoms with Crippen molar-refractivity contribution in [1.82, 2.24) is 20.9 Å². The maximum absolute atomic E-state index is 12.3. The van der Waals surface area contributed by atoms with E-state index in [2.05, 4.69) is 62.4 Å². The number of hydrogen-bond donors (Lipinski definition) is 6. The number of nitrogens with zero attached hydrogens (tertiary/aromatic N) is 1. The van der Waals surface area contributed by atoms with Gasteiger partial charge in [0.25, 0.3) is 0 Å². The molecule has 0 aromatic heterocycles. The number of hydrogen-bond acceptors (Lipinski definition) is 7. The summed E-state index contributed by atoms with van der Waals surface area (Å²) in [7, 11) is 0. The lowest BCUT2D eigenvalue weighted by Gasteiger charge is -2.49. The van der Waals surface area contributed by atoms with Gasteiger partial charge in [-0.25, -0.2) is 0 Å². The van der Waals surface area contributed by atoms with Gasteiger partial charge in [0.1, 0.15) is 6.29 Å². The lowest BCUT2D eigenvalue weighted by atomic mass is 9.62. The quantitative estimate of drug-likeness (QED) is 0.371. The molecule has 2 saturated heterocycles. The van der Waals surface area contributed by atoms with Gasteiger partial charge in [0, 0.05) is 37.8 Å². The molecule has 1 aliphatic carbocycles. The lowest BCUT2D eigenvalue weighted by molar-refractivity contribution is -0.125. The van der Waals surface area contributed by atoms with E-state index >= 15 is 0 Å². The van der Waals surface area contributed by atoms with Crippen molar-refractivity contribution in [1.29, 1.82) is 0 Å². The molecule has 3 rings (SSSR count). The van der Waals surface area contributed by atoms with Crippen molar-refractivity contribution in [3.63, 3.8) is 0 Å². The highest BCUT2D eigenvalue weighted by Gasteiger charge is 2.43. The van der Waals surface area contributed by atoms with E-state index < -0.39 is 0 Å². The second kappa shape index (κ2) is 9.84. The standard InChI is InChI=1S/C24H49N7O/c1-23(2,3)14-7-15(24(4,5)6)9-18(8-14)29-21-19(20(27)32)11-28-22(30-21)31-12-16(25)10-17(26)13-31/h14-19,21-22,28-30H,7-13,25-26H2,1-6H3,(H2,27,32)/t14?,15?,16-,17+,18?,19?,21?,22?. The summed E-state index contributed by atoms with van der Waals surface area (Å²) in [5, 5.41) is 10.9. The Bertz CT molecular complexity index is 611. The largest absolute Gasteiger partial charge is 0.369 e. The zero-order valence-electron chi connectivity index (χ0n) is 21.2. The van der Waals surface area contributed by atoms with Gasteiger partial charge in [0.2, 0.25) is 5.91 Å². The number of piperidine rings is 1. The van der Waals surface area contributed by atoms with E-state index in [9.17, 15) is 4.79 Å². The molecule has 32 heavy (non-hydrogen) atoms. The Morgan fingerprint density at radius 2 is 1.44 bits per heavy atom. The van der Waals surface area contributed by atoms with Crippen molar-refractivity contribution >= 4 is 5.91 Å². The van der Waals surface area contributed by atoms with Gasteiger partial charge in [0.05, 0.1) is 12.1 Å². The Hall–Kier alpha value is -0.770. The fraction of sp³-hybridized carbons (Fsp3) is 0.958. The monoisotopic (exact) mass is 451 g/mol. The smallest absolute Gasteiger partial charge is 0.224 e. The highest BCUT2D eigenvalue weighted by atomic mass is 16.1. The van der Waals surface area contributed by atoms with Crippen LogP contribution in [0.4, 0.5) is 0 Å². The number of carbonyl (C=O) groups excluding carboxylic acids is 1. The van der Waals surface area contributed by atoms with Crippen LogP contribution < -0.4 is 33.2 Å². The van der Waals surface area contributed by atoms with Crippen LogP contribution in [0, 0.1) is 28.6 Å². The van der Waals surface area contributed by atoms with Crippen LogP contribution in [-0.2, 0) is 4.79 Å². The molecule has 8 heteroatoms. The van der Waals surface area contributed by atoms with E-state index in [4.69, 9.17) is 17.2 Å².